The van der Waals surface area contributed by atoms with Gasteiger partial charge in [-0.05, 0) is 17.5 Å². The Labute approximate surface area is 129 Å². The third-order valence-corrected chi connectivity index (χ3v) is 5.08. The molecule has 2 aromatic carbocycles. The quantitative estimate of drug-likeness (QED) is 0.758. The number of amides is 1. The molecule has 3 nitrogen and oxygen atoms in total. The van der Waals surface area contributed by atoms with Crippen molar-refractivity contribution in [2.24, 2.45) is 5.92 Å². The third kappa shape index (κ3) is 1.62. The number of Topliss-reactive ketones (excluding diaryl/α,β-unsaturated/α-hetero) is 1. The Morgan fingerprint density at radius 1 is 1.00 bits per heavy atom. The molecule has 3 heteroatoms. The third-order valence-electron chi connectivity index (χ3n) is 5.08. The Morgan fingerprint density at radius 2 is 1.68 bits per heavy atom. The average Bonchev–Trinajstić information content (AvgIpc) is 2.57. The fourth-order valence-corrected chi connectivity index (χ4v) is 4.07. The van der Waals surface area contributed by atoms with Gasteiger partial charge in [-0.25, -0.2) is 0 Å². The predicted octanol–water partition coefficient (Wildman–Crippen LogP) is 2.65. The van der Waals surface area contributed by atoms with Crippen LogP contribution in [0.25, 0.3) is 0 Å². The van der Waals surface area contributed by atoms with Crippen LogP contribution >= 0.6 is 0 Å². The molecular weight excluding hydrogens is 274 g/mol. The molecule has 1 fully saturated rings. The first-order chi connectivity index (χ1) is 10.6. The summed E-state index contributed by atoms with van der Waals surface area (Å²) < 4.78 is 0. The SMILES string of the molecule is CN1CC2(c3ccccc3)CC(C(=O)c3ccccc32)C1=O. The molecule has 0 saturated carbocycles. The van der Waals surface area contributed by atoms with E-state index >= 15 is 0 Å². The number of likely N-dealkylation sites (tertiary alicyclic amines) is 1. The lowest BCUT2D eigenvalue weighted by Gasteiger charge is -2.48. The maximum Gasteiger partial charge on any atom is 0.233 e. The van der Waals surface area contributed by atoms with Crippen LogP contribution in [0.1, 0.15) is 27.9 Å². The van der Waals surface area contributed by atoms with Gasteiger partial charge in [-0.15, -0.1) is 0 Å². The van der Waals surface area contributed by atoms with Crippen LogP contribution in [0.15, 0.2) is 54.6 Å². The van der Waals surface area contributed by atoms with Crippen LogP contribution < -0.4 is 0 Å². The number of fused-ring (bicyclic) bond motifs is 4. The Morgan fingerprint density at radius 3 is 2.45 bits per heavy atom. The number of likely N-dealkylation sites (N-methyl/N-ethyl adjacent to an activating group) is 1. The van der Waals surface area contributed by atoms with Crippen molar-refractivity contribution in [3.8, 4) is 0 Å². The predicted molar refractivity (Wildman–Crippen MR) is 83.7 cm³/mol. The molecule has 2 atom stereocenters. The summed E-state index contributed by atoms with van der Waals surface area (Å²) in [6, 6.07) is 18.0. The van der Waals surface area contributed by atoms with Gasteiger partial charge in [0.15, 0.2) is 5.78 Å². The van der Waals surface area contributed by atoms with Crippen LogP contribution in [0.5, 0.6) is 0 Å². The maximum atomic E-state index is 12.7. The van der Waals surface area contributed by atoms with Crippen molar-refractivity contribution in [1.82, 2.24) is 4.90 Å². The van der Waals surface area contributed by atoms with Crippen LogP contribution in [-0.2, 0) is 10.2 Å². The number of hydrogen-bond donors (Lipinski definition) is 0. The zero-order valence-electron chi connectivity index (χ0n) is 12.5. The van der Waals surface area contributed by atoms with Gasteiger partial charge in [-0.3, -0.25) is 9.59 Å². The topological polar surface area (TPSA) is 37.4 Å². The Kier molecular flexibility index (Phi) is 2.73. The molecule has 0 radical (unpaired) electrons. The summed E-state index contributed by atoms with van der Waals surface area (Å²) in [5, 5.41) is 0. The molecule has 1 heterocycles. The van der Waals surface area contributed by atoms with E-state index < -0.39 is 5.92 Å². The Bertz CT molecular complexity index is 768. The lowest BCUT2D eigenvalue weighted by Crippen LogP contribution is -2.57. The smallest absolute Gasteiger partial charge is 0.233 e. The summed E-state index contributed by atoms with van der Waals surface area (Å²) in [4.78, 5) is 26.9. The second-order valence-electron chi connectivity index (χ2n) is 6.31. The minimum absolute atomic E-state index is 0.0290. The molecule has 2 aromatic rings. The van der Waals surface area contributed by atoms with E-state index in [-0.39, 0.29) is 17.1 Å². The summed E-state index contributed by atoms with van der Waals surface area (Å²) in [5.41, 5.74) is 2.67. The van der Waals surface area contributed by atoms with E-state index in [1.165, 1.54) is 5.56 Å². The van der Waals surface area contributed by atoms with Gasteiger partial charge in [-0.2, -0.15) is 0 Å². The molecule has 0 spiro atoms. The van der Waals surface area contributed by atoms with Gasteiger partial charge in [0.2, 0.25) is 5.91 Å². The highest BCUT2D eigenvalue weighted by molar-refractivity contribution is 6.13. The molecule has 2 unspecified atom stereocenters. The molecule has 0 aromatic heterocycles. The van der Waals surface area contributed by atoms with Crippen molar-refractivity contribution >= 4 is 11.7 Å². The number of hydrogen-bond acceptors (Lipinski definition) is 2. The molecule has 22 heavy (non-hydrogen) atoms. The van der Waals surface area contributed by atoms with Crippen molar-refractivity contribution in [3.63, 3.8) is 0 Å². The monoisotopic (exact) mass is 291 g/mol. The fourth-order valence-electron chi connectivity index (χ4n) is 4.07. The highest BCUT2D eigenvalue weighted by Crippen LogP contribution is 2.48. The minimum Gasteiger partial charge on any atom is -0.344 e. The number of carbonyl (C=O) groups excluding carboxylic acids is 2. The van der Waals surface area contributed by atoms with Gasteiger partial charge in [0.1, 0.15) is 5.92 Å². The molecule has 110 valence electrons. The molecule has 2 aliphatic rings. The minimum atomic E-state index is -0.547. The molecular formula is C19H17NO2. The number of nitrogens with zero attached hydrogens (tertiary/aromatic N) is 1. The second-order valence-corrected chi connectivity index (χ2v) is 6.31. The van der Waals surface area contributed by atoms with Crippen molar-refractivity contribution in [3.05, 3.63) is 71.3 Å². The summed E-state index contributed by atoms with van der Waals surface area (Å²) >= 11 is 0. The molecule has 1 aliphatic heterocycles. The van der Waals surface area contributed by atoms with E-state index in [0.29, 0.717) is 18.5 Å². The summed E-state index contributed by atoms with van der Waals surface area (Å²) in [5.74, 6) is -0.626. The summed E-state index contributed by atoms with van der Waals surface area (Å²) in [7, 11) is 1.80. The number of rotatable bonds is 1. The zero-order valence-corrected chi connectivity index (χ0v) is 12.5. The normalized spacial score (nSPS) is 26.8. The van der Waals surface area contributed by atoms with Crippen molar-refractivity contribution < 1.29 is 9.59 Å². The molecule has 2 bridgehead atoms. The first kappa shape index (κ1) is 13.3. The summed E-state index contributed by atoms with van der Waals surface area (Å²) in [6.07, 6.45) is 0.579. The van der Waals surface area contributed by atoms with Gasteiger partial charge >= 0.3 is 0 Å². The molecule has 1 amide bonds. The second kappa shape index (κ2) is 4.54. The van der Waals surface area contributed by atoms with Crippen LogP contribution in [0.3, 0.4) is 0 Å². The average molecular weight is 291 g/mol. The van der Waals surface area contributed by atoms with Crippen molar-refractivity contribution in [2.45, 2.75) is 11.8 Å². The van der Waals surface area contributed by atoms with E-state index in [9.17, 15) is 9.59 Å². The molecule has 1 saturated heterocycles. The number of ketones is 1. The van der Waals surface area contributed by atoms with Gasteiger partial charge in [0.25, 0.3) is 0 Å². The number of carbonyl (C=O) groups is 2. The first-order valence-electron chi connectivity index (χ1n) is 7.58. The van der Waals surface area contributed by atoms with E-state index in [1.807, 2.05) is 42.5 Å². The van der Waals surface area contributed by atoms with E-state index in [4.69, 9.17) is 0 Å². The first-order valence-corrected chi connectivity index (χ1v) is 7.58. The summed E-state index contributed by atoms with van der Waals surface area (Å²) in [6.45, 7) is 0.622. The van der Waals surface area contributed by atoms with Crippen molar-refractivity contribution in [2.75, 3.05) is 13.6 Å². The highest BCUT2D eigenvalue weighted by Gasteiger charge is 2.52. The van der Waals surface area contributed by atoms with Crippen LogP contribution in [0.2, 0.25) is 0 Å². The van der Waals surface area contributed by atoms with Crippen LogP contribution in [0, 0.1) is 5.92 Å². The van der Waals surface area contributed by atoms with Crippen LogP contribution in [0.4, 0.5) is 0 Å². The standard InChI is InChI=1S/C19H17NO2/c1-20-12-19(13-7-3-2-4-8-13)11-15(18(20)22)17(21)14-9-5-6-10-16(14)19/h2-10,15H,11-12H2,1H3. The van der Waals surface area contributed by atoms with Crippen molar-refractivity contribution in [1.29, 1.82) is 0 Å². The van der Waals surface area contributed by atoms with Crippen LogP contribution in [-0.4, -0.2) is 30.2 Å². The van der Waals surface area contributed by atoms with Gasteiger partial charge in [0.05, 0.1) is 0 Å². The van der Waals surface area contributed by atoms with E-state index in [2.05, 4.69) is 12.1 Å². The number of benzene rings is 2. The van der Waals surface area contributed by atoms with Gasteiger partial charge < -0.3 is 4.90 Å². The molecule has 4 rings (SSSR count). The lowest BCUT2D eigenvalue weighted by atomic mass is 9.60. The van der Waals surface area contributed by atoms with Gasteiger partial charge in [-0.1, -0.05) is 54.6 Å². The molecule has 0 N–H and O–H groups in total. The maximum absolute atomic E-state index is 12.7. The highest BCUT2D eigenvalue weighted by atomic mass is 16.2. The Balaban J connectivity index is 2.02. The largest absolute Gasteiger partial charge is 0.344 e. The fraction of sp³-hybridized carbons (Fsp3) is 0.263. The Hall–Kier alpha value is -2.42. The van der Waals surface area contributed by atoms with E-state index in [1.54, 1.807) is 11.9 Å². The molecule has 1 aliphatic carbocycles. The lowest BCUT2D eigenvalue weighted by molar-refractivity contribution is -0.137. The zero-order chi connectivity index (χ0) is 15.3. The van der Waals surface area contributed by atoms with Gasteiger partial charge in [0, 0.05) is 24.6 Å². The van der Waals surface area contributed by atoms with E-state index in [0.717, 1.165) is 5.56 Å². The number of piperidine rings is 1.